The number of ether oxygens (including phenoxy) is 1. The van der Waals surface area contributed by atoms with Crippen LogP contribution in [-0.2, 0) is 0 Å². The van der Waals surface area contributed by atoms with E-state index in [1.54, 1.807) is 7.11 Å². The zero-order chi connectivity index (χ0) is 13.0. The third kappa shape index (κ3) is 2.83. The fraction of sp³-hybridized carbons (Fsp3) is 0.571. The van der Waals surface area contributed by atoms with Gasteiger partial charge in [0, 0.05) is 31.7 Å². The Morgan fingerprint density at radius 1 is 1.22 bits per heavy atom. The van der Waals surface area contributed by atoms with Gasteiger partial charge in [-0.15, -0.1) is 0 Å². The molecule has 1 aliphatic heterocycles. The fourth-order valence-corrected chi connectivity index (χ4v) is 2.49. The number of likely N-dealkylation sites (N-methyl/N-ethyl adjacent to an activating group) is 1. The third-order valence-corrected chi connectivity index (χ3v) is 3.65. The molecule has 1 atom stereocenters. The molecule has 0 saturated carbocycles. The Kier molecular flexibility index (Phi) is 4.58. The van der Waals surface area contributed by atoms with Crippen LogP contribution >= 0.6 is 0 Å². The number of para-hydroxylation sites is 1. The molecule has 0 spiro atoms. The highest BCUT2D eigenvalue weighted by Gasteiger charge is 2.25. The molecule has 4 nitrogen and oxygen atoms in total. The minimum Gasteiger partial charge on any atom is -0.496 e. The first-order valence-electron chi connectivity index (χ1n) is 6.42. The van der Waals surface area contributed by atoms with Crippen LogP contribution in [0.2, 0.25) is 0 Å². The Hall–Kier alpha value is -1.10. The van der Waals surface area contributed by atoms with Crippen LogP contribution in [0.5, 0.6) is 5.75 Å². The molecule has 1 fully saturated rings. The first kappa shape index (κ1) is 13.3. The molecule has 0 radical (unpaired) electrons. The van der Waals surface area contributed by atoms with Crippen molar-refractivity contribution in [3.8, 4) is 5.75 Å². The van der Waals surface area contributed by atoms with E-state index in [2.05, 4.69) is 16.8 Å². The lowest BCUT2D eigenvalue weighted by atomic mass is 10.0. The summed E-state index contributed by atoms with van der Waals surface area (Å²) in [6.07, 6.45) is 0. The van der Waals surface area contributed by atoms with E-state index in [-0.39, 0.29) is 12.6 Å². The SMILES string of the molecule is COc1ccccc1C(CO)N1CCN(C)CC1. The smallest absolute Gasteiger partial charge is 0.123 e. The summed E-state index contributed by atoms with van der Waals surface area (Å²) in [5, 5.41) is 9.71. The summed E-state index contributed by atoms with van der Waals surface area (Å²) in [7, 11) is 3.81. The largest absolute Gasteiger partial charge is 0.496 e. The standard InChI is InChI=1S/C14H22N2O2/c1-15-7-9-16(10-8-15)13(11-17)12-5-3-4-6-14(12)18-2/h3-6,13,17H,7-11H2,1-2H3. The molecule has 0 bridgehead atoms. The number of benzene rings is 1. The molecule has 0 amide bonds. The van der Waals surface area contributed by atoms with Crippen LogP contribution in [0.15, 0.2) is 24.3 Å². The third-order valence-electron chi connectivity index (χ3n) is 3.65. The summed E-state index contributed by atoms with van der Waals surface area (Å²) in [5.41, 5.74) is 1.08. The number of aliphatic hydroxyl groups excluding tert-OH is 1. The highest BCUT2D eigenvalue weighted by Crippen LogP contribution is 2.29. The van der Waals surface area contributed by atoms with Crippen LogP contribution in [0.25, 0.3) is 0 Å². The molecule has 1 aromatic rings. The molecular weight excluding hydrogens is 228 g/mol. The number of aliphatic hydroxyl groups is 1. The normalized spacial score (nSPS) is 19.7. The van der Waals surface area contributed by atoms with Gasteiger partial charge in [0.1, 0.15) is 5.75 Å². The van der Waals surface area contributed by atoms with E-state index in [9.17, 15) is 5.11 Å². The summed E-state index contributed by atoms with van der Waals surface area (Å²) in [6.45, 7) is 4.20. The molecule has 1 aliphatic rings. The van der Waals surface area contributed by atoms with Crippen molar-refractivity contribution in [1.29, 1.82) is 0 Å². The molecular formula is C14H22N2O2. The second-order valence-electron chi connectivity index (χ2n) is 4.78. The predicted molar refractivity (Wildman–Crippen MR) is 71.9 cm³/mol. The summed E-state index contributed by atoms with van der Waals surface area (Å²) in [4.78, 5) is 4.64. The van der Waals surface area contributed by atoms with E-state index in [0.717, 1.165) is 37.5 Å². The second-order valence-corrected chi connectivity index (χ2v) is 4.78. The monoisotopic (exact) mass is 250 g/mol. The van der Waals surface area contributed by atoms with Gasteiger partial charge in [0.2, 0.25) is 0 Å². The van der Waals surface area contributed by atoms with E-state index in [1.807, 2.05) is 24.3 Å². The Balaban J connectivity index is 2.17. The highest BCUT2D eigenvalue weighted by atomic mass is 16.5. The zero-order valence-electron chi connectivity index (χ0n) is 11.2. The summed E-state index contributed by atoms with van der Waals surface area (Å²) < 4.78 is 5.39. The van der Waals surface area contributed by atoms with Crippen molar-refractivity contribution >= 4 is 0 Å². The number of piperazine rings is 1. The van der Waals surface area contributed by atoms with Gasteiger partial charge in [0.25, 0.3) is 0 Å². The maximum absolute atomic E-state index is 9.71. The topological polar surface area (TPSA) is 35.9 Å². The van der Waals surface area contributed by atoms with Crippen molar-refractivity contribution in [2.45, 2.75) is 6.04 Å². The van der Waals surface area contributed by atoms with Crippen LogP contribution in [-0.4, -0.2) is 61.8 Å². The lowest BCUT2D eigenvalue weighted by Crippen LogP contribution is -2.46. The molecule has 1 unspecified atom stereocenters. The van der Waals surface area contributed by atoms with E-state index in [0.29, 0.717) is 0 Å². The van der Waals surface area contributed by atoms with Crippen molar-refractivity contribution in [3.05, 3.63) is 29.8 Å². The van der Waals surface area contributed by atoms with E-state index < -0.39 is 0 Å². The lowest BCUT2D eigenvalue weighted by molar-refractivity contribution is 0.0735. The first-order chi connectivity index (χ1) is 8.76. The Bertz CT molecular complexity index is 376. The molecule has 2 rings (SSSR count). The minimum absolute atomic E-state index is 0.0369. The molecule has 1 aromatic carbocycles. The molecule has 1 saturated heterocycles. The van der Waals surface area contributed by atoms with Gasteiger partial charge in [0.05, 0.1) is 19.8 Å². The Morgan fingerprint density at radius 3 is 2.50 bits per heavy atom. The first-order valence-corrected chi connectivity index (χ1v) is 6.42. The predicted octanol–water partition coefficient (Wildman–Crippen LogP) is 0.976. The molecule has 0 aromatic heterocycles. The van der Waals surface area contributed by atoms with Crippen molar-refractivity contribution in [2.75, 3.05) is 46.9 Å². The van der Waals surface area contributed by atoms with Crippen LogP contribution < -0.4 is 4.74 Å². The number of hydrogen-bond acceptors (Lipinski definition) is 4. The van der Waals surface area contributed by atoms with Gasteiger partial charge in [-0.1, -0.05) is 18.2 Å². The van der Waals surface area contributed by atoms with Gasteiger partial charge in [-0.25, -0.2) is 0 Å². The Morgan fingerprint density at radius 2 is 1.89 bits per heavy atom. The zero-order valence-corrected chi connectivity index (χ0v) is 11.2. The maximum atomic E-state index is 9.71. The van der Waals surface area contributed by atoms with Crippen LogP contribution in [0, 0.1) is 0 Å². The molecule has 100 valence electrons. The minimum atomic E-state index is 0.0369. The van der Waals surface area contributed by atoms with Crippen molar-refractivity contribution < 1.29 is 9.84 Å². The Labute approximate surface area is 109 Å². The molecule has 1 N–H and O–H groups in total. The average Bonchev–Trinajstić information content (AvgIpc) is 2.42. The fourth-order valence-electron chi connectivity index (χ4n) is 2.49. The average molecular weight is 250 g/mol. The molecule has 18 heavy (non-hydrogen) atoms. The summed E-state index contributed by atoms with van der Waals surface area (Å²) >= 11 is 0. The van der Waals surface area contributed by atoms with Gasteiger partial charge in [-0.2, -0.15) is 0 Å². The number of hydrogen-bond donors (Lipinski definition) is 1. The van der Waals surface area contributed by atoms with Gasteiger partial charge in [-0.3, -0.25) is 4.90 Å². The quantitative estimate of drug-likeness (QED) is 0.864. The van der Waals surface area contributed by atoms with E-state index >= 15 is 0 Å². The molecule has 1 heterocycles. The van der Waals surface area contributed by atoms with Crippen molar-refractivity contribution in [2.24, 2.45) is 0 Å². The summed E-state index contributed by atoms with van der Waals surface area (Å²) in [6, 6.07) is 7.98. The van der Waals surface area contributed by atoms with Crippen molar-refractivity contribution in [1.82, 2.24) is 9.80 Å². The number of nitrogens with zero attached hydrogens (tertiary/aromatic N) is 2. The van der Waals surface area contributed by atoms with E-state index in [1.165, 1.54) is 0 Å². The molecule has 0 aliphatic carbocycles. The lowest BCUT2D eigenvalue weighted by Gasteiger charge is -2.37. The number of methoxy groups -OCH3 is 1. The van der Waals surface area contributed by atoms with Gasteiger partial charge < -0.3 is 14.7 Å². The maximum Gasteiger partial charge on any atom is 0.123 e. The molecule has 4 heteroatoms. The second kappa shape index (κ2) is 6.18. The van der Waals surface area contributed by atoms with Gasteiger partial charge in [-0.05, 0) is 13.1 Å². The van der Waals surface area contributed by atoms with Crippen LogP contribution in [0.1, 0.15) is 11.6 Å². The number of rotatable bonds is 4. The van der Waals surface area contributed by atoms with Crippen LogP contribution in [0.3, 0.4) is 0 Å². The van der Waals surface area contributed by atoms with Crippen LogP contribution in [0.4, 0.5) is 0 Å². The van der Waals surface area contributed by atoms with E-state index in [4.69, 9.17) is 4.74 Å². The highest BCUT2D eigenvalue weighted by molar-refractivity contribution is 5.36. The van der Waals surface area contributed by atoms with Gasteiger partial charge >= 0.3 is 0 Å². The summed E-state index contributed by atoms with van der Waals surface area (Å²) in [5.74, 6) is 0.857. The van der Waals surface area contributed by atoms with Crippen molar-refractivity contribution in [3.63, 3.8) is 0 Å². The van der Waals surface area contributed by atoms with Gasteiger partial charge in [0.15, 0.2) is 0 Å².